The third-order valence-corrected chi connectivity index (χ3v) is 5.04. The van der Waals surface area contributed by atoms with Crippen molar-refractivity contribution < 1.29 is 9.59 Å². The Morgan fingerprint density at radius 3 is 2.48 bits per heavy atom. The Morgan fingerprint density at radius 1 is 1.00 bits per heavy atom. The van der Waals surface area contributed by atoms with Crippen LogP contribution in [-0.2, 0) is 16.0 Å². The number of imidazole rings is 1. The lowest BCUT2D eigenvalue weighted by Gasteiger charge is -2.09. The molecule has 3 aromatic rings. The fraction of sp³-hybridized carbons (Fsp3) is 0.348. The van der Waals surface area contributed by atoms with E-state index in [2.05, 4.69) is 42.7 Å². The third kappa shape index (κ3) is 5.02. The average molecular weight is 393 g/mol. The van der Waals surface area contributed by atoms with Crippen molar-refractivity contribution in [3.63, 3.8) is 0 Å². The molecule has 6 nitrogen and oxygen atoms in total. The van der Waals surface area contributed by atoms with Crippen LogP contribution < -0.4 is 10.6 Å². The first-order valence-corrected chi connectivity index (χ1v) is 9.91. The Bertz CT molecular complexity index is 1050. The molecule has 0 aliphatic rings. The SMILES string of the molecule is CC(=O)NCCCNC(=O)Cc1c(-c2ccc(C)c(C)c2)nc2cc(C)ccn12. The van der Waals surface area contributed by atoms with E-state index in [1.807, 2.05) is 29.7 Å². The Labute approximate surface area is 171 Å². The molecule has 0 saturated heterocycles. The molecule has 0 atom stereocenters. The maximum Gasteiger partial charge on any atom is 0.226 e. The molecule has 1 aromatic carbocycles. The fourth-order valence-corrected chi connectivity index (χ4v) is 3.28. The van der Waals surface area contributed by atoms with Crippen LogP contribution in [0.1, 0.15) is 35.7 Å². The Hall–Kier alpha value is -3.15. The monoisotopic (exact) mass is 392 g/mol. The van der Waals surface area contributed by atoms with E-state index in [1.165, 1.54) is 18.1 Å². The van der Waals surface area contributed by atoms with Gasteiger partial charge in [0.2, 0.25) is 11.8 Å². The molecular weight excluding hydrogens is 364 g/mol. The number of nitrogens with one attached hydrogen (secondary N) is 2. The lowest BCUT2D eigenvalue weighted by Crippen LogP contribution is -2.30. The van der Waals surface area contributed by atoms with Crippen molar-refractivity contribution in [2.45, 2.75) is 40.5 Å². The highest BCUT2D eigenvalue weighted by Crippen LogP contribution is 2.27. The van der Waals surface area contributed by atoms with Gasteiger partial charge in [-0.2, -0.15) is 0 Å². The first-order chi connectivity index (χ1) is 13.8. The molecule has 2 aromatic heterocycles. The van der Waals surface area contributed by atoms with Crippen LogP contribution in [0, 0.1) is 20.8 Å². The zero-order valence-corrected chi connectivity index (χ0v) is 17.5. The molecule has 0 aliphatic heterocycles. The quantitative estimate of drug-likeness (QED) is 0.607. The van der Waals surface area contributed by atoms with Gasteiger partial charge in [-0.15, -0.1) is 0 Å². The van der Waals surface area contributed by atoms with Gasteiger partial charge >= 0.3 is 0 Å². The second-order valence-electron chi connectivity index (χ2n) is 7.50. The summed E-state index contributed by atoms with van der Waals surface area (Å²) in [7, 11) is 0. The van der Waals surface area contributed by atoms with E-state index >= 15 is 0 Å². The standard InChI is InChI=1S/C23H28N4O2/c1-15-8-11-27-20(14-22(29)25-10-5-9-24-18(4)28)23(26-21(27)12-15)19-7-6-16(2)17(3)13-19/h6-8,11-13H,5,9-10,14H2,1-4H3,(H,24,28)(H,25,29). The number of fused-ring (bicyclic) bond motifs is 1. The summed E-state index contributed by atoms with van der Waals surface area (Å²) >= 11 is 0. The second-order valence-corrected chi connectivity index (χ2v) is 7.50. The maximum absolute atomic E-state index is 12.6. The van der Waals surface area contributed by atoms with E-state index in [0.717, 1.165) is 28.2 Å². The van der Waals surface area contributed by atoms with Crippen molar-refractivity contribution in [3.05, 3.63) is 58.9 Å². The van der Waals surface area contributed by atoms with Crippen molar-refractivity contribution in [1.29, 1.82) is 0 Å². The first kappa shape index (κ1) is 20.6. The molecule has 2 amide bonds. The summed E-state index contributed by atoms with van der Waals surface area (Å²) in [5, 5.41) is 5.67. The molecule has 2 N–H and O–H groups in total. The van der Waals surface area contributed by atoms with Crippen LogP contribution in [0.4, 0.5) is 0 Å². The van der Waals surface area contributed by atoms with Crippen molar-refractivity contribution >= 4 is 17.5 Å². The predicted octanol–water partition coefficient (Wildman–Crippen LogP) is 3.11. The minimum absolute atomic E-state index is 0.0553. The van der Waals surface area contributed by atoms with Gasteiger partial charge in [-0.25, -0.2) is 4.98 Å². The topological polar surface area (TPSA) is 75.5 Å². The van der Waals surface area contributed by atoms with E-state index in [9.17, 15) is 9.59 Å². The number of hydrogen-bond donors (Lipinski definition) is 2. The van der Waals surface area contributed by atoms with E-state index in [0.29, 0.717) is 19.5 Å². The summed E-state index contributed by atoms with van der Waals surface area (Å²) in [6.07, 6.45) is 2.91. The zero-order chi connectivity index (χ0) is 21.0. The average Bonchev–Trinajstić information content (AvgIpc) is 3.00. The van der Waals surface area contributed by atoms with Crippen LogP contribution in [0.2, 0.25) is 0 Å². The molecule has 0 spiro atoms. The van der Waals surface area contributed by atoms with Gasteiger partial charge in [0, 0.05) is 31.8 Å². The number of carbonyl (C=O) groups is 2. The molecular formula is C23H28N4O2. The lowest BCUT2D eigenvalue weighted by molar-refractivity contribution is -0.120. The summed E-state index contributed by atoms with van der Waals surface area (Å²) in [4.78, 5) is 28.3. The molecule has 2 heterocycles. The molecule has 29 heavy (non-hydrogen) atoms. The van der Waals surface area contributed by atoms with Crippen LogP contribution in [0.25, 0.3) is 16.9 Å². The number of rotatable bonds is 7. The van der Waals surface area contributed by atoms with Crippen LogP contribution >= 0.6 is 0 Å². The van der Waals surface area contributed by atoms with Crippen LogP contribution in [-0.4, -0.2) is 34.3 Å². The number of nitrogens with zero attached hydrogens (tertiary/aromatic N) is 2. The molecule has 152 valence electrons. The van der Waals surface area contributed by atoms with E-state index in [-0.39, 0.29) is 18.2 Å². The second kappa shape index (κ2) is 8.90. The Morgan fingerprint density at radius 2 is 1.76 bits per heavy atom. The number of amides is 2. The van der Waals surface area contributed by atoms with Crippen molar-refractivity contribution in [2.24, 2.45) is 0 Å². The number of aromatic nitrogens is 2. The molecule has 0 radical (unpaired) electrons. The predicted molar refractivity (Wildman–Crippen MR) is 115 cm³/mol. The van der Waals surface area contributed by atoms with Crippen LogP contribution in [0.3, 0.4) is 0 Å². The third-order valence-electron chi connectivity index (χ3n) is 5.04. The molecule has 0 aliphatic carbocycles. The van der Waals surface area contributed by atoms with Crippen molar-refractivity contribution in [1.82, 2.24) is 20.0 Å². The van der Waals surface area contributed by atoms with E-state index < -0.39 is 0 Å². The van der Waals surface area contributed by atoms with Gasteiger partial charge in [-0.05, 0) is 62.1 Å². The summed E-state index contributed by atoms with van der Waals surface area (Å²) in [5.74, 6) is -0.115. The van der Waals surface area contributed by atoms with E-state index in [4.69, 9.17) is 4.98 Å². The normalized spacial score (nSPS) is 10.9. The smallest absolute Gasteiger partial charge is 0.226 e. The summed E-state index contributed by atoms with van der Waals surface area (Å²) < 4.78 is 1.99. The minimum atomic E-state index is -0.0598. The van der Waals surface area contributed by atoms with Gasteiger partial charge in [-0.3, -0.25) is 9.59 Å². The lowest BCUT2D eigenvalue weighted by atomic mass is 10.0. The Balaban J connectivity index is 1.84. The first-order valence-electron chi connectivity index (χ1n) is 9.91. The van der Waals surface area contributed by atoms with Gasteiger partial charge in [-0.1, -0.05) is 12.1 Å². The minimum Gasteiger partial charge on any atom is -0.356 e. The number of carbonyl (C=O) groups excluding carboxylic acids is 2. The largest absolute Gasteiger partial charge is 0.356 e. The molecule has 6 heteroatoms. The maximum atomic E-state index is 12.6. The van der Waals surface area contributed by atoms with E-state index in [1.54, 1.807) is 0 Å². The van der Waals surface area contributed by atoms with Gasteiger partial charge < -0.3 is 15.0 Å². The molecule has 0 saturated carbocycles. The highest BCUT2D eigenvalue weighted by molar-refractivity contribution is 5.81. The number of pyridine rings is 1. The Kier molecular flexibility index (Phi) is 6.32. The molecule has 0 fully saturated rings. The summed E-state index contributed by atoms with van der Waals surface area (Å²) in [5.41, 5.74) is 7.13. The van der Waals surface area contributed by atoms with Gasteiger partial charge in [0.25, 0.3) is 0 Å². The summed E-state index contributed by atoms with van der Waals surface area (Å²) in [6.45, 7) is 8.76. The van der Waals surface area contributed by atoms with Gasteiger partial charge in [0.05, 0.1) is 17.8 Å². The molecule has 0 bridgehead atoms. The van der Waals surface area contributed by atoms with Crippen LogP contribution in [0.15, 0.2) is 36.5 Å². The number of benzene rings is 1. The highest BCUT2D eigenvalue weighted by atomic mass is 16.2. The van der Waals surface area contributed by atoms with Gasteiger partial charge in [0.1, 0.15) is 5.65 Å². The number of aryl methyl sites for hydroxylation is 3. The van der Waals surface area contributed by atoms with Gasteiger partial charge in [0.15, 0.2) is 0 Å². The summed E-state index contributed by atoms with van der Waals surface area (Å²) in [6, 6.07) is 10.3. The van der Waals surface area contributed by atoms with Crippen molar-refractivity contribution in [3.8, 4) is 11.3 Å². The highest BCUT2D eigenvalue weighted by Gasteiger charge is 2.17. The zero-order valence-electron chi connectivity index (χ0n) is 17.5. The van der Waals surface area contributed by atoms with Crippen LogP contribution in [0.5, 0.6) is 0 Å². The fourth-order valence-electron chi connectivity index (χ4n) is 3.28. The van der Waals surface area contributed by atoms with Crippen molar-refractivity contribution in [2.75, 3.05) is 13.1 Å². The molecule has 3 rings (SSSR count). The molecule has 0 unspecified atom stereocenters. The number of hydrogen-bond acceptors (Lipinski definition) is 3.